The molecule has 3 N–H and O–H groups in total. The molecule has 0 spiro atoms. The number of halogens is 1. The van der Waals surface area contributed by atoms with Gasteiger partial charge in [0.2, 0.25) is 10.0 Å². The van der Waals surface area contributed by atoms with Crippen LogP contribution >= 0.6 is 0 Å². The van der Waals surface area contributed by atoms with Gasteiger partial charge >= 0.3 is 0 Å². The molecule has 0 amide bonds. The van der Waals surface area contributed by atoms with Crippen molar-refractivity contribution in [2.45, 2.75) is 24.8 Å². The molecule has 0 fully saturated rings. The van der Waals surface area contributed by atoms with Gasteiger partial charge < -0.3 is 15.4 Å². The average molecular weight is 437 g/mol. The Morgan fingerprint density at radius 2 is 1.83 bits per heavy atom. The maximum atomic E-state index is 13.2. The van der Waals surface area contributed by atoms with E-state index in [0.29, 0.717) is 25.7 Å². The summed E-state index contributed by atoms with van der Waals surface area (Å²) in [6.45, 7) is 3.57. The van der Waals surface area contributed by atoms with Crippen LogP contribution in [0.2, 0.25) is 0 Å². The summed E-state index contributed by atoms with van der Waals surface area (Å²) in [5, 5.41) is 6.41. The topological polar surface area (TPSA) is 91.8 Å². The van der Waals surface area contributed by atoms with E-state index < -0.39 is 10.0 Å². The first kappa shape index (κ1) is 23.8. The molecule has 0 unspecified atom stereocenters. The van der Waals surface area contributed by atoms with E-state index in [4.69, 9.17) is 4.74 Å². The van der Waals surface area contributed by atoms with E-state index in [9.17, 15) is 12.8 Å². The number of hydrogen-bond donors (Lipinski definition) is 3. The Kier molecular flexibility index (Phi) is 9.22. The number of nitrogens with one attached hydrogen (secondary N) is 3. The second-order valence-electron chi connectivity index (χ2n) is 6.71. The van der Waals surface area contributed by atoms with Gasteiger partial charge in [-0.3, -0.25) is 4.99 Å². The molecule has 0 heterocycles. The fourth-order valence-electron chi connectivity index (χ4n) is 2.81. The van der Waals surface area contributed by atoms with E-state index in [2.05, 4.69) is 20.3 Å². The Morgan fingerprint density at radius 1 is 1.10 bits per heavy atom. The van der Waals surface area contributed by atoms with Crippen LogP contribution in [0.5, 0.6) is 0 Å². The minimum absolute atomic E-state index is 0.208. The fraction of sp³-hybridized carbons (Fsp3) is 0.381. The second-order valence-corrected chi connectivity index (χ2v) is 8.47. The van der Waals surface area contributed by atoms with Crippen LogP contribution < -0.4 is 15.4 Å². The smallest absolute Gasteiger partial charge is 0.240 e. The number of nitrogens with zero attached hydrogens (tertiary/aromatic N) is 1. The summed E-state index contributed by atoms with van der Waals surface area (Å²) < 4.78 is 44.9. The quantitative estimate of drug-likeness (QED) is 0.301. The second kappa shape index (κ2) is 11.6. The zero-order chi connectivity index (χ0) is 22.0. The highest BCUT2D eigenvalue weighted by molar-refractivity contribution is 7.89. The summed E-state index contributed by atoms with van der Waals surface area (Å²) in [6, 6.07) is 11.4. The summed E-state index contributed by atoms with van der Waals surface area (Å²) in [5.74, 6) is 0.402. The van der Waals surface area contributed by atoms with Crippen molar-refractivity contribution in [1.29, 1.82) is 0 Å². The molecule has 0 atom stereocenters. The number of ether oxygens (including phenoxy) is 1. The fourth-order valence-corrected chi connectivity index (χ4v) is 3.82. The van der Waals surface area contributed by atoms with Gasteiger partial charge in [0.15, 0.2) is 5.96 Å². The minimum atomic E-state index is -3.54. The highest BCUT2D eigenvalue weighted by Gasteiger charge is 2.12. The Morgan fingerprint density at radius 3 is 2.47 bits per heavy atom. The summed E-state index contributed by atoms with van der Waals surface area (Å²) in [4.78, 5) is 4.39. The molecule has 0 saturated carbocycles. The van der Waals surface area contributed by atoms with E-state index in [1.807, 2.05) is 6.92 Å². The van der Waals surface area contributed by atoms with Crippen molar-refractivity contribution in [3.8, 4) is 0 Å². The van der Waals surface area contributed by atoms with Crippen molar-refractivity contribution < 1.29 is 17.5 Å². The summed E-state index contributed by atoms with van der Waals surface area (Å²) in [7, 11) is -0.343. The van der Waals surface area contributed by atoms with Gasteiger partial charge in [-0.25, -0.2) is 17.5 Å². The molecule has 0 aliphatic carbocycles. The van der Waals surface area contributed by atoms with Gasteiger partial charge in [-0.1, -0.05) is 18.2 Å². The normalized spacial score (nSPS) is 12.1. The Labute approximate surface area is 177 Å². The number of hydrogen-bond acceptors (Lipinski definition) is 4. The third-order valence-corrected chi connectivity index (χ3v) is 5.98. The summed E-state index contributed by atoms with van der Waals surface area (Å²) >= 11 is 0. The zero-order valence-electron chi connectivity index (χ0n) is 17.5. The van der Waals surface area contributed by atoms with Crippen LogP contribution in [0, 0.1) is 12.7 Å². The molecule has 164 valence electrons. The molecule has 2 aromatic rings. The molecule has 2 aromatic carbocycles. The molecule has 0 saturated heterocycles. The molecule has 9 heteroatoms. The predicted molar refractivity (Wildman–Crippen MR) is 117 cm³/mol. The first-order valence-electron chi connectivity index (χ1n) is 9.63. The third-order valence-electron chi connectivity index (χ3n) is 4.51. The van der Waals surface area contributed by atoms with E-state index in [1.54, 1.807) is 37.4 Å². The lowest BCUT2D eigenvalue weighted by molar-refractivity contribution is 0.204. The van der Waals surface area contributed by atoms with E-state index in [0.717, 1.165) is 23.1 Å². The summed E-state index contributed by atoms with van der Waals surface area (Å²) in [6.07, 6.45) is 0.745. The van der Waals surface area contributed by atoms with Gasteiger partial charge in [-0.2, -0.15) is 0 Å². The Bertz CT molecular complexity index is 947. The molecular formula is C21H29FN4O3S. The number of guanidine groups is 1. The van der Waals surface area contributed by atoms with Crippen molar-refractivity contribution in [3.05, 3.63) is 65.0 Å². The number of methoxy groups -OCH3 is 1. The maximum Gasteiger partial charge on any atom is 0.240 e. The molecule has 7 nitrogen and oxygen atoms in total. The average Bonchev–Trinajstić information content (AvgIpc) is 2.72. The number of benzene rings is 2. The Balaban J connectivity index is 1.83. The van der Waals surface area contributed by atoms with Crippen molar-refractivity contribution in [1.82, 2.24) is 15.4 Å². The van der Waals surface area contributed by atoms with Crippen molar-refractivity contribution in [2.24, 2.45) is 4.99 Å². The standard InChI is InChI=1S/C21H29FN4O3S/c1-16-14-19(22)7-6-18(16)10-11-24-21(23-2)25-15-17-4-8-20(9-5-17)30(27,28)26-12-13-29-3/h4-9,14,26H,10-13,15H2,1-3H3,(H2,23,24,25). The van der Waals surface area contributed by atoms with Gasteiger partial charge in [0.05, 0.1) is 11.5 Å². The zero-order valence-corrected chi connectivity index (χ0v) is 18.4. The Hall–Kier alpha value is -2.49. The van der Waals surface area contributed by atoms with E-state index >= 15 is 0 Å². The SMILES string of the molecule is CN=C(NCCc1ccc(F)cc1C)NCc1ccc(S(=O)(=O)NCCOC)cc1. The molecule has 0 bridgehead atoms. The maximum absolute atomic E-state index is 13.2. The van der Waals surface area contributed by atoms with Crippen LogP contribution in [0.1, 0.15) is 16.7 Å². The highest BCUT2D eigenvalue weighted by atomic mass is 32.2. The van der Waals surface area contributed by atoms with Crippen molar-refractivity contribution >= 4 is 16.0 Å². The third kappa shape index (κ3) is 7.40. The number of sulfonamides is 1. The number of aliphatic imine (C=N–C) groups is 1. The molecular weight excluding hydrogens is 407 g/mol. The molecule has 0 radical (unpaired) electrons. The molecule has 0 aromatic heterocycles. The van der Waals surface area contributed by atoms with Crippen LogP contribution in [0.4, 0.5) is 4.39 Å². The van der Waals surface area contributed by atoms with Gasteiger partial charge in [-0.15, -0.1) is 0 Å². The van der Waals surface area contributed by atoms with Crippen molar-refractivity contribution in [2.75, 3.05) is 33.9 Å². The van der Waals surface area contributed by atoms with Gasteiger partial charge in [0.1, 0.15) is 5.82 Å². The van der Waals surface area contributed by atoms with Crippen LogP contribution in [-0.4, -0.2) is 48.2 Å². The van der Waals surface area contributed by atoms with E-state index in [-0.39, 0.29) is 17.3 Å². The van der Waals surface area contributed by atoms with Gasteiger partial charge in [-0.05, 0) is 54.3 Å². The largest absolute Gasteiger partial charge is 0.383 e. The van der Waals surface area contributed by atoms with Crippen LogP contribution in [0.15, 0.2) is 52.4 Å². The van der Waals surface area contributed by atoms with Gasteiger partial charge in [0, 0.05) is 33.8 Å². The van der Waals surface area contributed by atoms with Crippen LogP contribution in [-0.2, 0) is 27.7 Å². The minimum Gasteiger partial charge on any atom is -0.383 e. The van der Waals surface area contributed by atoms with E-state index in [1.165, 1.54) is 19.2 Å². The molecule has 0 aliphatic heterocycles. The number of rotatable bonds is 10. The van der Waals surface area contributed by atoms with Crippen molar-refractivity contribution in [3.63, 3.8) is 0 Å². The summed E-state index contributed by atoms with van der Waals surface area (Å²) in [5.41, 5.74) is 2.92. The monoisotopic (exact) mass is 436 g/mol. The first-order valence-corrected chi connectivity index (χ1v) is 11.1. The highest BCUT2D eigenvalue weighted by Crippen LogP contribution is 2.11. The molecule has 0 aliphatic rings. The lowest BCUT2D eigenvalue weighted by Gasteiger charge is -2.13. The first-order chi connectivity index (χ1) is 14.4. The van der Waals surface area contributed by atoms with Crippen LogP contribution in [0.25, 0.3) is 0 Å². The lowest BCUT2D eigenvalue weighted by Crippen LogP contribution is -2.37. The molecule has 30 heavy (non-hydrogen) atoms. The number of aryl methyl sites for hydroxylation is 1. The lowest BCUT2D eigenvalue weighted by atomic mass is 10.1. The molecule has 2 rings (SSSR count). The van der Waals surface area contributed by atoms with Crippen LogP contribution in [0.3, 0.4) is 0 Å². The predicted octanol–water partition coefficient (Wildman–Crippen LogP) is 1.97. The van der Waals surface area contributed by atoms with Gasteiger partial charge in [0.25, 0.3) is 0 Å².